The van der Waals surface area contributed by atoms with Crippen LogP contribution in [-0.4, -0.2) is 28.4 Å². The number of carbonyl (C=O) groups is 1. The summed E-state index contributed by atoms with van der Waals surface area (Å²) in [5, 5.41) is 22.5. The van der Waals surface area contributed by atoms with Gasteiger partial charge < -0.3 is 10.2 Å². The first-order chi connectivity index (χ1) is 11.5. The third kappa shape index (κ3) is 5.22. The number of aliphatic hydroxyl groups excluding tert-OH is 1. The molecule has 0 aliphatic carbocycles. The number of phenolic OH excluding ortho intramolecular Hbond substituents is 1. The Morgan fingerprint density at radius 3 is 2.50 bits per heavy atom. The van der Waals surface area contributed by atoms with Crippen LogP contribution < -0.4 is 5.43 Å². The van der Waals surface area contributed by atoms with Gasteiger partial charge in [0.1, 0.15) is 5.75 Å². The van der Waals surface area contributed by atoms with Crippen molar-refractivity contribution in [3.05, 3.63) is 70.3 Å². The van der Waals surface area contributed by atoms with Gasteiger partial charge in [-0.05, 0) is 36.2 Å². The van der Waals surface area contributed by atoms with Crippen LogP contribution in [-0.2, 0) is 0 Å². The molecule has 0 heterocycles. The van der Waals surface area contributed by atoms with Gasteiger partial charge >= 0.3 is 0 Å². The van der Waals surface area contributed by atoms with Crippen LogP contribution in [0, 0.1) is 0 Å². The molecule has 0 saturated heterocycles. The number of phenols is 1. The van der Waals surface area contributed by atoms with E-state index in [0.717, 1.165) is 11.1 Å². The fraction of sp³-hybridized carbons (Fsp3) is 0.111. The first kappa shape index (κ1) is 17.7. The van der Waals surface area contributed by atoms with Gasteiger partial charge in [0.2, 0.25) is 0 Å². The molecule has 1 atom stereocenters. The van der Waals surface area contributed by atoms with E-state index in [1.165, 1.54) is 24.4 Å². The topological polar surface area (TPSA) is 81.9 Å². The molecule has 5 nitrogen and oxygen atoms in total. The van der Waals surface area contributed by atoms with Gasteiger partial charge in [-0.2, -0.15) is 5.10 Å². The molecular formula is C18H17ClN2O3. The highest BCUT2D eigenvalue weighted by molar-refractivity contribution is 6.32. The summed E-state index contributed by atoms with van der Waals surface area (Å²) >= 11 is 5.76. The second-order valence-corrected chi connectivity index (χ2v) is 5.54. The van der Waals surface area contributed by atoms with Crippen molar-refractivity contribution in [2.45, 2.75) is 13.0 Å². The minimum atomic E-state index is -0.491. The summed E-state index contributed by atoms with van der Waals surface area (Å²) in [6.45, 7) is 1.68. The summed E-state index contributed by atoms with van der Waals surface area (Å²) in [6, 6.07) is 11.6. The van der Waals surface area contributed by atoms with Crippen molar-refractivity contribution in [1.82, 2.24) is 5.43 Å². The van der Waals surface area contributed by atoms with Crippen molar-refractivity contribution < 1.29 is 15.0 Å². The minimum Gasteiger partial charge on any atom is -0.506 e. The Hall–Kier alpha value is -2.63. The summed E-state index contributed by atoms with van der Waals surface area (Å²) in [4.78, 5) is 11.9. The van der Waals surface area contributed by atoms with Crippen LogP contribution >= 0.6 is 11.6 Å². The van der Waals surface area contributed by atoms with Crippen molar-refractivity contribution >= 4 is 29.8 Å². The van der Waals surface area contributed by atoms with Crippen LogP contribution in [0.2, 0.25) is 5.02 Å². The molecule has 0 aliphatic rings. The lowest BCUT2D eigenvalue weighted by atomic mass is 10.1. The molecule has 0 spiro atoms. The van der Waals surface area contributed by atoms with Gasteiger partial charge in [-0.15, -0.1) is 0 Å². The van der Waals surface area contributed by atoms with Gasteiger partial charge in [0.05, 0.1) is 17.3 Å². The maximum Gasteiger partial charge on any atom is 0.271 e. The van der Waals surface area contributed by atoms with Gasteiger partial charge in [-0.3, -0.25) is 4.79 Å². The van der Waals surface area contributed by atoms with E-state index in [0.29, 0.717) is 5.56 Å². The molecule has 0 aromatic heterocycles. The number of nitrogens with one attached hydrogen (secondary N) is 1. The van der Waals surface area contributed by atoms with E-state index < -0.39 is 12.0 Å². The van der Waals surface area contributed by atoms with E-state index in [-0.39, 0.29) is 10.8 Å². The van der Waals surface area contributed by atoms with Crippen LogP contribution in [0.3, 0.4) is 0 Å². The molecule has 0 saturated carbocycles. The van der Waals surface area contributed by atoms with Crippen molar-refractivity contribution in [3.63, 3.8) is 0 Å². The largest absolute Gasteiger partial charge is 0.506 e. The van der Waals surface area contributed by atoms with Crippen LogP contribution in [0.4, 0.5) is 0 Å². The Labute approximate surface area is 144 Å². The molecule has 1 unspecified atom stereocenters. The highest BCUT2D eigenvalue weighted by atomic mass is 35.5. The summed E-state index contributed by atoms with van der Waals surface area (Å²) < 4.78 is 0. The second kappa shape index (κ2) is 8.29. The van der Waals surface area contributed by atoms with E-state index in [9.17, 15) is 15.0 Å². The van der Waals surface area contributed by atoms with E-state index in [1.54, 1.807) is 13.0 Å². The van der Waals surface area contributed by atoms with E-state index in [2.05, 4.69) is 10.5 Å². The van der Waals surface area contributed by atoms with Gasteiger partial charge in [-0.1, -0.05) is 48.0 Å². The van der Waals surface area contributed by atoms with Crippen LogP contribution in [0.1, 0.15) is 28.4 Å². The van der Waals surface area contributed by atoms with Crippen molar-refractivity contribution in [2.75, 3.05) is 0 Å². The molecule has 124 valence electrons. The number of rotatable bonds is 5. The average Bonchev–Trinajstić information content (AvgIpc) is 2.56. The number of halogens is 1. The fourth-order valence-corrected chi connectivity index (χ4v) is 2.00. The van der Waals surface area contributed by atoms with Gasteiger partial charge in [-0.25, -0.2) is 5.43 Å². The Balaban J connectivity index is 1.95. The number of benzene rings is 2. The number of hydrogen-bond acceptors (Lipinski definition) is 4. The number of hydrazone groups is 1. The summed E-state index contributed by atoms with van der Waals surface area (Å²) in [7, 11) is 0. The zero-order chi connectivity index (χ0) is 17.5. The molecule has 0 radical (unpaired) electrons. The zero-order valence-electron chi connectivity index (χ0n) is 13.0. The molecule has 1 amide bonds. The van der Waals surface area contributed by atoms with Crippen molar-refractivity contribution in [1.29, 1.82) is 0 Å². The third-order valence-corrected chi connectivity index (χ3v) is 3.40. The molecule has 2 rings (SSSR count). The zero-order valence-corrected chi connectivity index (χ0v) is 13.7. The molecule has 2 aromatic carbocycles. The summed E-state index contributed by atoms with van der Waals surface area (Å²) in [5.41, 5.74) is 4.46. The van der Waals surface area contributed by atoms with Gasteiger partial charge in [0.15, 0.2) is 0 Å². The molecule has 0 bridgehead atoms. The predicted molar refractivity (Wildman–Crippen MR) is 95.3 cm³/mol. The number of amides is 1. The maximum atomic E-state index is 11.9. The van der Waals surface area contributed by atoms with Gasteiger partial charge in [0, 0.05) is 5.56 Å². The summed E-state index contributed by atoms with van der Waals surface area (Å²) in [5.74, 6) is -0.508. The lowest BCUT2D eigenvalue weighted by Crippen LogP contribution is -2.17. The maximum absolute atomic E-state index is 11.9. The number of aromatic hydroxyl groups is 1. The quantitative estimate of drug-likeness (QED) is 0.575. The van der Waals surface area contributed by atoms with Crippen LogP contribution in [0.15, 0.2) is 53.6 Å². The van der Waals surface area contributed by atoms with E-state index >= 15 is 0 Å². The smallest absolute Gasteiger partial charge is 0.271 e. The van der Waals surface area contributed by atoms with Crippen molar-refractivity contribution in [2.24, 2.45) is 5.10 Å². The normalized spacial score (nSPS) is 12.6. The van der Waals surface area contributed by atoms with E-state index in [1.807, 2.05) is 30.3 Å². The molecule has 3 N–H and O–H groups in total. The lowest BCUT2D eigenvalue weighted by molar-refractivity contribution is 0.0955. The first-order valence-electron chi connectivity index (χ1n) is 7.24. The SMILES string of the molecule is CC(O)C=Cc1ccc(C=NNC(=O)c2ccc(O)c(Cl)c2)cc1. The minimum absolute atomic E-state index is 0.0820. The Morgan fingerprint density at radius 1 is 1.21 bits per heavy atom. The summed E-state index contributed by atoms with van der Waals surface area (Å²) in [6.07, 6.45) is 4.53. The number of nitrogens with zero attached hydrogens (tertiary/aromatic N) is 1. The molecule has 0 fully saturated rings. The highest BCUT2D eigenvalue weighted by Crippen LogP contribution is 2.23. The monoisotopic (exact) mass is 344 g/mol. The van der Waals surface area contributed by atoms with Crippen molar-refractivity contribution in [3.8, 4) is 5.75 Å². The first-order valence-corrected chi connectivity index (χ1v) is 7.62. The number of hydrogen-bond donors (Lipinski definition) is 3. The average molecular weight is 345 g/mol. The Morgan fingerprint density at radius 2 is 1.88 bits per heavy atom. The lowest BCUT2D eigenvalue weighted by Gasteiger charge is -2.02. The highest BCUT2D eigenvalue weighted by Gasteiger charge is 2.07. The third-order valence-electron chi connectivity index (χ3n) is 3.09. The predicted octanol–water partition coefficient (Wildman–Crippen LogP) is 3.20. The number of aliphatic hydroxyl groups is 1. The number of carbonyl (C=O) groups excluding carboxylic acids is 1. The van der Waals surface area contributed by atoms with E-state index in [4.69, 9.17) is 11.6 Å². The molecular weight excluding hydrogens is 328 g/mol. The molecule has 0 aliphatic heterocycles. The van der Waals surface area contributed by atoms with Crippen LogP contribution in [0.25, 0.3) is 6.08 Å². The molecule has 24 heavy (non-hydrogen) atoms. The van der Waals surface area contributed by atoms with Crippen LogP contribution in [0.5, 0.6) is 5.75 Å². The Bertz CT molecular complexity index is 768. The molecule has 6 heteroatoms. The Kier molecular flexibility index (Phi) is 6.12. The second-order valence-electron chi connectivity index (χ2n) is 5.13. The fourth-order valence-electron chi connectivity index (χ4n) is 1.82. The molecule has 2 aromatic rings. The standard InChI is InChI=1S/C18H17ClN2O3/c1-12(22)2-3-13-4-6-14(7-5-13)11-20-21-18(24)15-8-9-17(23)16(19)10-15/h2-12,22-23H,1H3,(H,21,24). The van der Waals surface area contributed by atoms with Gasteiger partial charge in [0.25, 0.3) is 5.91 Å².